The zero-order valence-electron chi connectivity index (χ0n) is 8.53. The lowest BCUT2D eigenvalue weighted by Gasteiger charge is -1.98. The van der Waals surface area contributed by atoms with Gasteiger partial charge in [-0.1, -0.05) is 0 Å². The molecule has 0 radical (unpaired) electrons. The fourth-order valence-corrected chi connectivity index (χ4v) is 1.56. The monoisotopic (exact) mass is 191 g/mol. The van der Waals surface area contributed by atoms with Crippen LogP contribution < -0.4 is 5.73 Å². The van der Waals surface area contributed by atoms with Crippen molar-refractivity contribution in [2.24, 2.45) is 7.05 Å². The molecule has 0 saturated heterocycles. The molecule has 0 bridgehead atoms. The van der Waals surface area contributed by atoms with Gasteiger partial charge in [0, 0.05) is 12.6 Å². The highest BCUT2D eigenvalue weighted by molar-refractivity contribution is 5.63. The van der Waals surface area contributed by atoms with Crippen LogP contribution in [0.4, 0.5) is 5.82 Å². The summed E-state index contributed by atoms with van der Waals surface area (Å²) in [6.45, 7) is 3.86. The Morgan fingerprint density at radius 3 is 2.50 bits per heavy atom. The average molecular weight is 191 g/mol. The van der Waals surface area contributed by atoms with Crippen LogP contribution in [0.2, 0.25) is 0 Å². The summed E-state index contributed by atoms with van der Waals surface area (Å²) < 4.78 is 7.27. The third-order valence-electron chi connectivity index (χ3n) is 2.29. The Balaban J connectivity index is 2.61. The van der Waals surface area contributed by atoms with E-state index in [0.717, 1.165) is 22.8 Å². The van der Waals surface area contributed by atoms with Crippen molar-refractivity contribution in [3.8, 4) is 11.5 Å². The van der Waals surface area contributed by atoms with E-state index in [0.29, 0.717) is 5.82 Å². The highest BCUT2D eigenvalue weighted by Gasteiger charge is 2.14. The fraction of sp³-hybridized carbons (Fsp3) is 0.300. The second-order valence-corrected chi connectivity index (χ2v) is 3.39. The summed E-state index contributed by atoms with van der Waals surface area (Å²) in [4.78, 5) is 0. The Labute approximate surface area is 82.3 Å². The molecule has 0 amide bonds. The van der Waals surface area contributed by atoms with Crippen LogP contribution in [0.5, 0.6) is 0 Å². The molecule has 0 aliphatic carbocycles. The SMILES string of the molecule is Cc1ccc(-c2c(C)c(N)nn2C)o1. The number of nitrogen functional groups attached to an aromatic ring is 1. The van der Waals surface area contributed by atoms with Crippen LogP contribution in [0, 0.1) is 13.8 Å². The van der Waals surface area contributed by atoms with E-state index in [9.17, 15) is 0 Å². The van der Waals surface area contributed by atoms with Gasteiger partial charge in [-0.05, 0) is 26.0 Å². The number of anilines is 1. The molecule has 0 atom stereocenters. The van der Waals surface area contributed by atoms with Crippen LogP contribution >= 0.6 is 0 Å². The van der Waals surface area contributed by atoms with Gasteiger partial charge in [0.15, 0.2) is 5.76 Å². The minimum Gasteiger partial charge on any atom is -0.460 e. The minimum atomic E-state index is 0.552. The second kappa shape index (κ2) is 2.90. The number of aromatic nitrogens is 2. The van der Waals surface area contributed by atoms with E-state index >= 15 is 0 Å². The van der Waals surface area contributed by atoms with Crippen molar-refractivity contribution in [1.29, 1.82) is 0 Å². The number of furan rings is 1. The molecule has 4 nitrogen and oxygen atoms in total. The summed E-state index contributed by atoms with van der Waals surface area (Å²) in [6.07, 6.45) is 0. The molecule has 2 aromatic rings. The molecule has 0 aliphatic rings. The third kappa shape index (κ3) is 1.19. The maximum absolute atomic E-state index is 5.71. The van der Waals surface area contributed by atoms with Gasteiger partial charge in [-0.2, -0.15) is 5.10 Å². The molecule has 2 N–H and O–H groups in total. The molecule has 14 heavy (non-hydrogen) atoms. The summed E-state index contributed by atoms with van der Waals surface area (Å²) in [6, 6.07) is 3.86. The van der Waals surface area contributed by atoms with E-state index in [1.54, 1.807) is 4.68 Å². The fourth-order valence-electron chi connectivity index (χ4n) is 1.56. The predicted molar refractivity (Wildman–Crippen MR) is 54.8 cm³/mol. The zero-order chi connectivity index (χ0) is 10.3. The van der Waals surface area contributed by atoms with E-state index < -0.39 is 0 Å². The van der Waals surface area contributed by atoms with Crippen molar-refractivity contribution in [2.45, 2.75) is 13.8 Å². The third-order valence-corrected chi connectivity index (χ3v) is 2.29. The normalized spacial score (nSPS) is 10.8. The Morgan fingerprint density at radius 2 is 2.07 bits per heavy atom. The molecular formula is C10H13N3O. The molecule has 0 aliphatic heterocycles. The average Bonchev–Trinajstić information content (AvgIpc) is 2.60. The summed E-state index contributed by atoms with van der Waals surface area (Å²) in [5, 5.41) is 4.13. The van der Waals surface area contributed by atoms with Gasteiger partial charge in [0.25, 0.3) is 0 Å². The minimum absolute atomic E-state index is 0.552. The lowest BCUT2D eigenvalue weighted by Crippen LogP contribution is -1.93. The van der Waals surface area contributed by atoms with Crippen molar-refractivity contribution in [2.75, 3.05) is 5.73 Å². The van der Waals surface area contributed by atoms with Gasteiger partial charge in [-0.15, -0.1) is 0 Å². The van der Waals surface area contributed by atoms with Gasteiger partial charge in [0.2, 0.25) is 0 Å². The Hall–Kier alpha value is -1.71. The van der Waals surface area contributed by atoms with Crippen molar-refractivity contribution in [3.63, 3.8) is 0 Å². The molecule has 74 valence electrons. The molecule has 0 spiro atoms. The Morgan fingerprint density at radius 1 is 1.36 bits per heavy atom. The molecule has 0 unspecified atom stereocenters. The van der Waals surface area contributed by atoms with Crippen LogP contribution in [-0.2, 0) is 7.05 Å². The van der Waals surface area contributed by atoms with Gasteiger partial charge in [-0.3, -0.25) is 4.68 Å². The first-order valence-corrected chi connectivity index (χ1v) is 4.45. The topological polar surface area (TPSA) is 57.0 Å². The smallest absolute Gasteiger partial charge is 0.152 e. The molecule has 2 rings (SSSR count). The number of nitrogens with two attached hydrogens (primary N) is 1. The van der Waals surface area contributed by atoms with E-state index in [1.807, 2.05) is 33.0 Å². The first-order valence-electron chi connectivity index (χ1n) is 4.45. The molecule has 0 fully saturated rings. The number of nitrogens with zero attached hydrogens (tertiary/aromatic N) is 2. The molecule has 2 heterocycles. The largest absolute Gasteiger partial charge is 0.460 e. The van der Waals surface area contributed by atoms with Crippen molar-refractivity contribution < 1.29 is 4.42 Å². The van der Waals surface area contributed by atoms with E-state index in [-0.39, 0.29) is 0 Å². The summed E-state index contributed by atoms with van der Waals surface area (Å²) in [5.74, 6) is 2.25. The molecule has 4 heteroatoms. The van der Waals surface area contributed by atoms with Crippen LogP contribution in [0.1, 0.15) is 11.3 Å². The maximum Gasteiger partial charge on any atom is 0.152 e. The first kappa shape index (κ1) is 8.87. The number of hydrogen-bond acceptors (Lipinski definition) is 3. The maximum atomic E-state index is 5.71. The van der Waals surface area contributed by atoms with E-state index in [1.165, 1.54) is 0 Å². The lowest BCUT2D eigenvalue weighted by atomic mass is 10.2. The summed E-state index contributed by atoms with van der Waals surface area (Å²) >= 11 is 0. The lowest BCUT2D eigenvalue weighted by molar-refractivity contribution is 0.541. The number of hydrogen-bond donors (Lipinski definition) is 1. The highest BCUT2D eigenvalue weighted by atomic mass is 16.3. The second-order valence-electron chi connectivity index (χ2n) is 3.39. The molecule has 2 aromatic heterocycles. The Kier molecular flexibility index (Phi) is 1.84. The van der Waals surface area contributed by atoms with Crippen LogP contribution in [-0.4, -0.2) is 9.78 Å². The standard InChI is InChI=1S/C10H13N3O/c1-6-4-5-8(14-6)9-7(2)10(11)12-13(9)3/h4-5H,1-3H3,(H2,11,12). The molecular weight excluding hydrogens is 178 g/mol. The molecule has 0 aromatic carbocycles. The first-order chi connectivity index (χ1) is 6.59. The van der Waals surface area contributed by atoms with Crippen molar-refractivity contribution >= 4 is 5.82 Å². The van der Waals surface area contributed by atoms with Gasteiger partial charge in [-0.25, -0.2) is 0 Å². The zero-order valence-corrected chi connectivity index (χ0v) is 8.53. The summed E-state index contributed by atoms with van der Waals surface area (Å²) in [5.41, 5.74) is 7.61. The van der Waals surface area contributed by atoms with Gasteiger partial charge in [0.05, 0.1) is 0 Å². The van der Waals surface area contributed by atoms with Gasteiger partial charge >= 0.3 is 0 Å². The van der Waals surface area contributed by atoms with Crippen LogP contribution in [0.25, 0.3) is 11.5 Å². The predicted octanol–water partition coefficient (Wildman–Crippen LogP) is 1.88. The van der Waals surface area contributed by atoms with Crippen LogP contribution in [0.15, 0.2) is 16.5 Å². The Bertz CT molecular complexity index is 468. The number of rotatable bonds is 1. The molecule has 0 saturated carbocycles. The van der Waals surface area contributed by atoms with E-state index in [2.05, 4.69) is 5.10 Å². The van der Waals surface area contributed by atoms with Crippen LogP contribution in [0.3, 0.4) is 0 Å². The quantitative estimate of drug-likeness (QED) is 0.748. The number of aryl methyl sites for hydroxylation is 2. The summed E-state index contributed by atoms with van der Waals surface area (Å²) in [7, 11) is 1.86. The van der Waals surface area contributed by atoms with E-state index in [4.69, 9.17) is 10.2 Å². The van der Waals surface area contributed by atoms with Crippen molar-refractivity contribution in [1.82, 2.24) is 9.78 Å². The van der Waals surface area contributed by atoms with Crippen molar-refractivity contribution in [3.05, 3.63) is 23.5 Å². The van der Waals surface area contributed by atoms with Gasteiger partial charge in [0.1, 0.15) is 17.3 Å². The van der Waals surface area contributed by atoms with Gasteiger partial charge < -0.3 is 10.2 Å². The highest BCUT2D eigenvalue weighted by Crippen LogP contribution is 2.27.